The SMILES string of the molecule is CCN(CC(N)=O)c1ccc(Nc2cc(C)c(O)cc2NC(C)=O)c(C)c1. The van der Waals surface area contributed by atoms with Gasteiger partial charge in [-0.05, 0) is 56.2 Å². The van der Waals surface area contributed by atoms with E-state index in [9.17, 15) is 14.7 Å². The van der Waals surface area contributed by atoms with Gasteiger partial charge in [-0.1, -0.05) is 0 Å². The molecule has 0 atom stereocenters. The molecule has 0 heterocycles. The lowest BCUT2D eigenvalue weighted by molar-refractivity contribution is -0.117. The van der Waals surface area contributed by atoms with Crippen molar-refractivity contribution in [3.63, 3.8) is 0 Å². The van der Waals surface area contributed by atoms with Crippen LogP contribution >= 0.6 is 0 Å². The Kier molecular flexibility index (Phi) is 6.28. The quantitative estimate of drug-likeness (QED) is 0.560. The minimum absolute atomic E-state index is 0.112. The Morgan fingerprint density at radius 3 is 2.33 bits per heavy atom. The number of primary amides is 1. The Morgan fingerprint density at radius 1 is 1.07 bits per heavy atom. The molecule has 0 radical (unpaired) electrons. The zero-order valence-electron chi connectivity index (χ0n) is 16.1. The summed E-state index contributed by atoms with van der Waals surface area (Å²) in [6.45, 7) is 7.94. The molecule has 0 aliphatic carbocycles. The van der Waals surface area contributed by atoms with Crippen LogP contribution in [0.15, 0.2) is 30.3 Å². The summed E-state index contributed by atoms with van der Waals surface area (Å²) in [7, 11) is 0. The molecule has 0 spiro atoms. The van der Waals surface area contributed by atoms with Gasteiger partial charge in [0, 0.05) is 30.9 Å². The van der Waals surface area contributed by atoms with E-state index in [-0.39, 0.29) is 24.1 Å². The highest BCUT2D eigenvalue weighted by molar-refractivity contribution is 5.94. The van der Waals surface area contributed by atoms with E-state index < -0.39 is 0 Å². The number of carbonyl (C=O) groups is 2. The van der Waals surface area contributed by atoms with Gasteiger partial charge in [-0.25, -0.2) is 0 Å². The number of nitrogens with two attached hydrogens (primary N) is 1. The standard InChI is InChI=1S/C20H26N4O3/c1-5-24(11-20(21)27)15-6-7-16(12(2)8-15)23-17-9-13(3)19(26)10-18(17)22-14(4)25/h6-10,23,26H,5,11H2,1-4H3,(H2,21,27)(H,22,25). The van der Waals surface area contributed by atoms with Gasteiger partial charge >= 0.3 is 0 Å². The van der Waals surface area contributed by atoms with Crippen molar-refractivity contribution in [1.29, 1.82) is 0 Å². The summed E-state index contributed by atoms with van der Waals surface area (Å²) in [4.78, 5) is 24.6. The largest absolute Gasteiger partial charge is 0.508 e. The number of nitrogens with one attached hydrogen (secondary N) is 2. The third kappa shape index (κ3) is 5.13. The van der Waals surface area contributed by atoms with Crippen molar-refractivity contribution in [2.45, 2.75) is 27.7 Å². The number of hydrogen-bond donors (Lipinski definition) is 4. The number of rotatable bonds is 7. The average Bonchev–Trinajstić information content (AvgIpc) is 2.58. The van der Waals surface area contributed by atoms with Crippen LogP contribution in [0.25, 0.3) is 0 Å². The minimum Gasteiger partial charge on any atom is -0.508 e. The molecule has 0 saturated carbocycles. The summed E-state index contributed by atoms with van der Waals surface area (Å²) >= 11 is 0. The maximum atomic E-state index is 11.5. The van der Waals surface area contributed by atoms with Gasteiger partial charge in [0.25, 0.3) is 0 Å². The lowest BCUT2D eigenvalue weighted by atomic mass is 10.1. The Morgan fingerprint density at radius 2 is 1.78 bits per heavy atom. The number of phenols is 1. The van der Waals surface area contributed by atoms with Crippen LogP contribution in [-0.4, -0.2) is 30.0 Å². The van der Waals surface area contributed by atoms with Gasteiger partial charge in [-0.3, -0.25) is 9.59 Å². The second kappa shape index (κ2) is 8.44. The highest BCUT2D eigenvalue weighted by atomic mass is 16.3. The van der Waals surface area contributed by atoms with Crippen LogP contribution in [0.3, 0.4) is 0 Å². The lowest BCUT2D eigenvalue weighted by Gasteiger charge is -2.23. The average molecular weight is 370 g/mol. The number of hydrogen-bond acceptors (Lipinski definition) is 5. The van der Waals surface area contributed by atoms with Crippen LogP contribution in [0.1, 0.15) is 25.0 Å². The van der Waals surface area contributed by atoms with Crippen molar-refractivity contribution in [3.05, 3.63) is 41.5 Å². The summed E-state index contributed by atoms with van der Waals surface area (Å²) < 4.78 is 0. The maximum Gasteiger partial charge on any atom is 0.236 e. The Balaban J connectivity index is 2.34. The number of anilines is 4. The van der Waals surface area contributed by atoms with E-state index in [0.717, 1.165) is 16.9 Å². The van der Waals surface area contributed by atoms with Crippen molar-refractivity contribution in [2.75, 3.05) is 28.6 Å². The Labute approximate surface area is 159 Å². The normalized spacial score (nSPS) is 10.4. The molecule has 0 aliphatic rings. The number of amides is 2. The van der Waals surface area contributed by atoms with Crippen LogP contribution < -0.4 is 21.3 Å². The third-order valence-corrected chi connectivity index (χ3v) is 4.22. The van der Waals surface area contributed by atoms with Crippen LogP contribution in [0, 0.1) is 13.8 Å². The maximum absolute atomic E-state index is 11.5. The molecule has 5 N–H and O–H groups in total. The predicted octanol–water partition coefficient (Wildman–Crippen LogP) is 3.02. The second-order valence-electron chi connectivity index (χ2n) is 6.47. The Bertz CT molecular complexity index is 865. The summed E-state index contributed by atoms with van der Waals surface area (Å²) in [6, 6.07) is 9.09. The van der Waals surface area contributed by atoms with E-state index in [1.54, 1.807) is 13.0 Å². The van der Waals surface area contributed by atoms with E-state index in [2.05, 4.69) is 10.6 Å². The molecule has 2 rings (SSSR count). The number of likely N-dealkylation sites (N-methyl/N-ethyl adjacent to an activating group) is 1. The minimum atomic E-state index is -0.378. The van der Waals surface area contributed by atoms with Crippen LogP contribution in [0.4, 0.5) is 22.7 Å². The van der Waals surface area contributed by atoms with Crippen molar-refractivity contribution in [1.82, 2.24) is 0 Å². The van der Waals surface area contributed by atoms with Gasteiger partial charge in [0.05, 0.1) is 17.9 Å². The van der Waals surface area contributed by atoms with Crippen molar-refractivity contribution in [3.8, 4) is 5.75 Å². The molecule has 7 heteroatoms. The first kappa shape index (κ1) is 20.1. The highest BCUT2D eigenvalue weighted by Crippen LogP contribution is 2.34. The molecule has 0 bridgehead atoms. The van der Waals surface area contributed by atoms with Gasteiger partial charge in [0.1, 0.15) is 5.75 Å². The fourth-order valence-corrected chi connectivity index (χ4v) is 2.80. The number of aromatic hydroxyl groups is 1. The van der Waals surface area contributed by atoms with Crippen LogP contribution in [0.5, 0.6) is 5.75 Å². The summed E-state index contributed by atoms with van der Waals surface area (Å²) in [5, 5.41) is 16.0. The molecular weight excluding hydrogens is 344 g/mol. The topological polar surface area (TPSA) is 108 Å². The van der Waals surface area contributed by atoms with Crippen molar-refractivity contribution < 1.29 is 14.7 Å². The monoisotopic (exact) mass is 370 g/mol. The lowest BCUT2D eigenvalue weighted by Crippen LogP contribution is -2.33. The molecule has 0 saturated heterocycles. The smallest absolute Gasteiger partial charge is 0.236 e. The second-order valence-corrected chi connectivity index (χ2v) is 6.47. The molecule has 7 nitrogen and oxygen atoms in total. The van der Waals surface area contributed by atoms with E-state index >= 15 is 0 Å². The van der Waals surface area contributed by atoms with Gasteiger partial charge in [0.2, 0.25) is 11.8 Å². The summed E-state index contributed by atoms with van der Waals surface area (Å²) in [5.41, 5.74) is 9.91. The molecule has 0 fully saturated rings. The number of nitrogens with zero attached hydrogens (tertiary/aromatic N) is 1. The molecule has 27 heavy (non-hydrogen) atoms. The molecule has 2 aromatic rings. The number of aryl methyl sites for hydroxylation is 2. The summed E-state index contributed by atoms with van der Waals surface area (Å²) in [6.07, 6.45) is 0. The zero-order chi connectivity index (χ0) is 20.1. The molecule has 144 valence electrons. The van der Waals surface area contributed by atoms with Crippen molar-refractivity contribution >= 4 is 34.6 Å². The van der Waals surface area contributed by atoms with Crippen LogP contribution in [-0.2, 0) is 9.59 Å². The molecule has 0 aromatic heterocycles. The molecule has 0 aliphatic heterocycles. The van der Waals surface area contributed by atoms with Crippen molar-refractivity contribution in [2.24, 2.45) is 5.73 Å². The molecular formula is C20H26N4O3. The fourth-order valence-electron chi connectivity index (χ4n) is 2.80. The zero-order valence-corrected chi connectivity index (χ0v) is 16.1. The molecule has 0 unspecified atom stereocenters. The number of benzene rings is 2. The fraction of sp³-hybridized carbons (Fsp3) is 0.300. The number of carbonyl (C=O) groups excluding carboxylic acids is 2. The van der Waals surface area contributed by atoms with E-state index in [4.69, 9.17) is 5.73 Å². The molecule has 2 amide bonds. The van der Waals surface area contributed by atoms with E-state index in [1.165, 1.54) is 13.0 Å². The van der Waals surface area contributed by atoms with E-state index in [0.29, 0.717) is 23.5 Å². The first-order valence-corrected chi connectivity index (χ1v) is 8.73. The first-order valence-electron chi connectivity index (χ1n) is 8.73. The number of phenolic OH excluding ortho intramolecular Hbond substituents is 1. The Hall–Kier alpha value is -3.22. The predicted molar refractivity (Wildman–Crippen MR) is 109 cm³/mol. The van der Waals surface area contributed by atoms with Gasteiger partial charge in [-0.2, -0.15) is 0 Å². The van der Waals surface area contributed by atoms with E-state index in [1.807, 2.05) is 36.9 Å². The van der Waals surface area contributed by atoms with Gasteiger partial charge in [0.15, 0.2) is 0 Å². The third-order valence-electron chi connectivity index (χ3n) is 4.22. The van der Waals surface area contributed by atoms with Crippen LogP contribution in [0.2, 0.25) is 0 Å². The first-order chi connectivity index (χ1) is 12.7. The molecule has 2 aromatic carbocycles. The summed E-state index contributed by atoms with van der Waals surface area (Å²) in [5.74, 6) is -0.490. The van der Waals surface area contributed by atoms with Gasteiger partial charge < -0.3 is 26.4 Å². The highest BCUT2D eigenvalue weighted by Gasteiger charge is 2.12. The van der Waals surface area contributed by atoms with Gasteiger partial charge in [-0.15, -0.1) is 0 Å².